The average molecular weight is 310 g/mol. The van der Waals surface area contributed by atoms with Gasteiger partial charge in [-0.3, -0.25) is 9.89 Å². The average Bonchev–Trinajstić information content (AvgIpc) is 3.05. The van der Waals surface area contributed by atoms with Crippen LogP contribution in [0.1, 0.15) is 17.3 Å². The first kappa shape index (κ1) is 16.9. The minimum Gasteiger partial charge on any atom is -0.483 e. The van der Waals surface area contributed by atoms with Crippen LogP contribution < -0.4 is 11.1 Å². The van der Waals surface area contributed by atoms with Crippen molar-refractivity contribution in [3.8, 4) is 0 Å². The Morgan fingerprint density at radius 2 is 2.23 bits per heavy atom. The number of urea groups is 1. The molecule has 0 saturated heterocycles. The van der Waals surface area contributed by atoms with Gasteiger partial charge in [0, 0.05) is 18.9 Å². The van der Waals surface area contributed by atoms with E-state index in [0.717, 1.165) is 11.5 Å². The van der Waals surface area contributed by atoms with E-state index in [-0.39, 0.29) is 25.0 Å². The summed E-state index contributed by atoms with van der Waals surface area (Å²) < 4.78 is 0. The summed E-state index contributed by atoms with van der Waals surface area (Å²) in [5.74, 6) is 1.40. The summed E-state index contributed by atoms with van der Waals surface area (Å²) in [7, 11) is 1.68. The fourth-order valence-electron chi connectivity index (χ4n) is 1.53. The summed E-state index contributed by atoms with van der Waals surface area (Å²) in [5.41, 5.74) is 6.32. The Bertz CT molecular complexity index is 608. The molecule has 0 aliphatic heterocycles. The first-order valence-electron chi connectivity index (χ1n) is 6.20. The molecule has 120 valence electrons. The molecule has 2 heterocycles. The second kappa shape index (κ2) is 8.24. The van der Waals surface area contributed by atoms with Crippen LogP contribution in [0.2, 0.25) is 0 Å². The molecule has 0 saturated carbocycles. The maximum Gasteiger partial charge on any atom is 0.317 e. The number of aromatic amines is 2. The highest BCUT2D eigenvalue weighted by Crippen LogP contribution is 2.00. The number of nitrogen functional groups attached to an aromatic ring is 1. The first-order chi connectivity index (χ1) is 10.5. The number of imidazole rings is 1. The molecule has 2 amide bonds. The van der Waals surface area contributed by atoms with E-state index in [1.807, 2.05) is 6.92 Å². The van der Waals surface area contributed by atoms with E-state index in [9.17, 15) is 4.79 Å². The monoisotopic (exact) mass is 310 g/mol. The van der Waals surface area contributed by atoms with E-state index in [4.69, 9.17) is 15.6 Å². The molecule has 6 N–H and O–H groups in total. The molecule has 0 aliphatic carbocycles. The van der Waals surface area contributed by atoms with Crippen LogP contribution in [0.5, 0.6) is 0 Å². The maximum atomic E-state index is 11.8. The molecule has 2 aromatic rings. The molecule has 22 heavy (non-hydrogen) atoms. The fourth-order valence-corrected chi connectivity index (χ4v) is 1.53. The van der Waals surface area contributed by atoms with Gasteiger partial charge in [0.2, 0.25) is 5.95 Å². The highest BCUT2D eigenvalue weighted by atomic mass is 16.3. The van der Waals surface area contributed by atoms with Crippen LogP contribution in [0.3, 0.4) is 0 Å². The Balaban J connectivity index is 0.000000745. The van der Waals surface area contributed by atoms with Crippen molar-refractivity contribution in [3.05, 3.63) is 23.5 Å². The Morgan fingerprint density at radius 3 is 2.73 bits per heavy atom. The number of anilines is 1. The van der Waals surface area contributed by atoms with E-state index < -0.39 is 0 Å². The predicted octanol–water partition coefficient (Wildman–Crippen LogP) is -0.539. The van der Waals surface area contributed by atoms with Gasteiger partial charge in [0.15, 0.2) is 0 Å². The van der Waals surface area contributed by atoms with Crippen molar-refractivity contribution in [1.29, 1.82) is 0 Å². The standard InChI is InChI=1S/C10H16N8O.CH2O2/c1-6-3-12-8(14-6)5-18(2)10(19)13-4-7-15-9(11)17-16-7;2-1-3/h3H,4-5H2,1-2H3,(H,12,14)(H,13,19)(H3,11,15,16,17);1H,(H,2,3). The molecule has 0 unspecified atom stereocenters. The molecule has 0 atom stereocenters. The highest BCUT2D eigenvalue weighted by Gasteiger charge is 2.11. The van der Waals surface area contributed by atoms with Crippen molar-refractivity contribution in [3.63, 3.8) is 0 Å². The number of hydrogen-bond donors (Lipinski definition) is 5. The summed E-state index contributed by atoms with van der Waals surface area (Å²) in [4.78, 5) is 32.8. The zero-order valence-electron chi connectivity index (χ0n) is 12.2. The number of hydrogen-bond acceptors (Lipinski definition) is 6. The lowest BCUT2D eigenvalue weighted by atomic mass is 10.5. The van der Waals surface area contributed by atoms with Crippen LogP contribution in [0.4, 0.5) is 10.7 Å². The number of aromatic nitrogens is 5. The largest absolute Gasteiger partial charge is 0.483 e. The highest BCUT2D eigenvalue weighted by molar-refractivity contribution is 5.73. The van der Waals surface area contributed by atoms with Gasteiger partial charge in [-0.1, -0.05) is 0 Å². The third-order valence-electron chi connectivity index (χ3n) is 2.45. The first-order valence-corrected chi connectivity index (χ1v) is 6.20. The quantitative estimate of drug-likeness (QED) is 0.473. The molecular weight excluding hydrogens is 292 g/mol. The van der Waals surface area contributed by atoms with Gasteiger partial charge in [-0.2, -0.15) is 4.98 Å². The third kappa shape index (κ3) is 5.48. The minimum absolute atomic E-state index is 0.156. The lowest BCUT2D eigenvalue weighted by Gasteiger charge is -2.16. The number of amides is 2. The van der Waals surface area contributed by atoms with Crippen molar-refractivity contribution in [2.75, 3.05) is 12.8 Å². The smallest absolute Gasteiger partial charge is 0.317 e. The molecule has 0 aliphatic rings. The number of nitrogens with two attached hydrogens (primary N) is 1. The molecular formula is C11H18N8O3. The zero-order valence-corrected chi connectivity index (χ0v) is 12.2. The van der Waals surface area contributed by atoms with Gasteiger partial charge in [-0.05, 0) is 6.92 Å². The second-order valence-corrected chi connectivity index (χ2v) is 4.27. The maximum absolute atomic E-state index is 11.8. The van der Waals surface area contributed by atoms with E-state index in [1.54, 1.807) is 13.2 Å². The van der Waals surface area contributed by atoms with E-state index in [0.29, 0.717) is 12.4 Å². The van der Waals surface area contributed by atoms with Crippen LogP contribution in [0.15, 0.2) is 6.20 Å². The lowest BCUT2D eigenvalue weighted by Crippen LogP contribution is -2.36. The number of nitrogens with zero attached hydrogens (tertiary/aromatic N) is 4. The number of nitrogens with one attached hydrogen (secondary N) is 3. The van der Waals surface area contributed by atoms with Crippen molar-refractivity contribution in [2.45, 2.75) is 20.0 Å². The number of H-pyrrole nitrogens is 2. The van der Waals surface area contributed by atoms with Crippen molar-refractivity contribution < 1.29 is 14.7 Å². The summed E-state index contributed by atoms with van der Waals surface area (Å²) in [6, 6.07) is -0.232. The Morgan fingerprint density at radius 1 is 1.55 bits per heavy atom. The molecule has 0 aromatic carbocycles. The van der Waals surface area contributed by atoms with Gasteiger partial charge in [-0.15, -0.1) is 5.10 Å². The number of carboxylic acid groups (broad SMARTS) is 1. The van der Waals surface area contributed by atoms with Crippen LogP contribution in [0, 0.1) is 6.92 Å². The number of carbonyl (C=O) groups excluding carboxylic acids is 1. The van der Waals surface area contributed by atoms with Gasteiger partial charge in [-0.25, -0.2) is 9.78 Å². The Kier molecular flexibility index (Phi) is 6.34. The van der Waals surface area contributed by atoms with Gasteiger partial charge in [0.25, 0.3) is 6.47 Å². The number of aryl methyl sites for hydroxylation is 1. The van der Waals surface area contributed by atoms with Crippen LogP contribution in [-0.2, 0) is 17.9 Å². The zero-order chi connectivity index (χ0) is 16.5. The summed E-state index contributed by atoms with van der Waals surface area (Å²) >= 11 is 0. The summed E-state index contributed by atoms with van der Waals surface area (Å²) in [6.45, 7) is 2.30. The predicted molar refractivity (Wildman–Crippen MR) is 76.5 cm³/mol. The van der Waals surface area contributed by atoms with Gasteiger partial charge in [0.1, 0.15) is 11.6 Å². The lowest BCUT2D eigenvalue weighted by molar-refractivity contribution is -0.122. The number of carbonyl (C=O) groups is 2. The van der Waals surface area contributed by atoms with Gasteiger partial charge >= 0.3 is 6.03 Å². The molecule has 0 fully saturated rings. The van der Waals surface area contributed by atoms with Crippen molar-refractivity contribution in [1.82, 2.24) is 35.4 Å². The topological polar surface area (TPSA) is 166 Å². The molecule has 11 heteroatoms. The summed E-state index contributed by atoms with van der Waals surface area (Å²) in [6.07, 6.45) is 1.72. The normalized spacial score (nSPS) is 9.55. The van der Waals surface area contributed by atoms with Crippen molar-refractivity contribution >= 4 is 18.5 Å². The molecule has 0 bridgehead atoms. The van der Waals surface area contributed by atoms with Crippen LogP contribution in [-0.4, -0.2) is 54.7 Å². The van der Waals surface area contributed by atoms with Gasteiger partial charge < -0.3 is 26.0 Å². The SMILES string of the molecule is Cc1cnc(CN(C)C(=O)NCc2nc(N)n[nH]2)[nH]1.O=CO. The second-order valence-electron chi connectivity index (χ2n) is 4.27. The van der Waals surface area contributed by atoms with Crippen LogP contribution in [0.25, 0.3) is 0 Å². The minimum atomic E-state index is -0.250. The number of rotatable bonds is 4. The fraction of sp³-hybridized carbons (Fsp3) is 0.364. The van der Waals surface area contributed by atoms with E-state index in [1.165, 1.54) is 4.90 Å². The molecule has 2 rings (SSSR count). The third-order valence-corrected chi connectivity index (χ3v) is 2.45. The van der Waals surface area contributed by atoms with Crippen molar-refractivity contribution in [2.24, 2.45) is 0 Å². The molecule has 0 radical (unpaired) electrons. The summed E-state index contributed by atoms with van der Waals surface area (Å²) in [5, 5.41) is 15.9. The molecule has 0 spiro atoms. The van der Waals surface area contributed by atoms with Crippen LogP contribution >= 0.6 is 0 Å². The van der Waals surface area contributed by atoms with E-state index in [2.05, 4.69) is 30.5 Å². The molecule has 11 nitrogen and oxygen atoms in total. The molecule has 2 aromatic heterocycles. The van der Waals surface area contributed by atoms with E-state index >= 15 is 0 Å². The Hall–Kier alpha value is -3.11. The van der Waals surface area contributed by atoms with Gasteiger partial charge in [0.05, 0.1) is 13.1 Å². The Labute approximate surface area is 125 Å².